The Morgan fingerprint density at radius 2 is 1.85 bits per heavy atom. The minimum Gasteiger partial charge on any atom is -0.347 e. The summed E-state index contributed by atoms with van der Waals surface area (Å²) in [5, 5.41) is 7.46. The molecule has 1 aromatic rings. The van der Waals surface area contributed by atoms with Crippen molar-refractivity contribution in [2.75, 3.05) is 26.3 Å². The smallest absolute Gasteiger partial charge is 0.257 e. The summed E-state index contributed by atoms with van der Waals surface area (Å²) in [6.45, 7) is 2.33. The molecule has 108 valence electrons. The highest BCUT2D eigenvalue weighted by atomic mass is 35.5. The fourth-order valence-corrected chi connectivity index (χ4v) is 2.83. The molecule has 6 nitrogen and oxygen atoms in total. The summed E-state index contributed by atoms with van der Waals surface area (Å²) < 4.78 is 11.3. The number of ether oxygens (including phenoxy) is 2. The molecule has 0 aromatic carbocycles. The van der Waals surface area contributed by atoms with Crippen molar-refractivity contribution in [2.45, 2.75) is 18.6 Å². The Labute approximate surface area is 126 Å². The first-order valence-corrected chi connectivity index (χ1v) is 7.11. The lowest BCUT2D eigenvalue weighted by molar-refractivity contribution is -0.181. The number of hydrogen-bond acceptors (Lipinski definition) is 5. The van der Waals surface area contributed by atoms with Crippen LogP contribution in [0.5, 0.6) is 0 Å². The molecule has 1 amide bonds. The van der Waals surface area contributed by atoms with Crippen molar-refractivity contribution in [1.82, 2.24) is 15.1 Å². The van der Waals surface area contributed by atoms with Crippen LogP contribution in [0.2, 0.25) is 10.3 Å². The van der Waals surface area contributed by atoms with Crippen molar-refractivity contribution in [3.05, 3.63) is 21.9 Å². The molecule has 1 spiro atoms. The molecule has 2 saturated heterocycles. The molecule has 1 aromatic heterocycles. The molecule has 3 rings (SSSR count). The molecule has 2 aliphatic rings. The standard InChI is InChI=1S/C12H13Cl2N3O3/c13-9-7-8(10(14)16-15-9)11(18)17-3-1-12(2-4-17)19-5-6-20-12/h7H,1-6H2. The van der Waals surface area contributed by atoms with E-state index in [4.69, 9.17) is 32.7 Å². The van der Waals surface area contributed by atoms with Gasteiger partial charge in [0.1, 0.15) is 0 Å². The Bertz CT molecular complexity index is 525. The summed E-state index contributed by atoms with van der Waals surface area (Å²) in [6.07, 6.45) is 1.31. The van der Waals surface area contributed by atoms with Gasteiger partial charge in [0.2, 0.25) is 0 Å². The van der Waals surface area contributed by atoms with E-state index in [0.717, 1.165) is 0 Å². The fourth-order valence-electron chi connectivity index (χ4n) is 2.51. The van der Waals surface area contributed by atoms with Crippen molar-refractivity contribution >= 4 is 29.1 Å². The van der Waals surface area contributed by atoms with E-state index in [1.807, 2.05) is 0 Å². The third-order valence-corrected chi connectivity index (χ3v) is 4.04. The number of amides is 1. The molecule has 2 aliphatic heterocycles. The van der Waals surface area contributed by atoms with Gasteiger partial charge in [-0.25, -0.2) is 0 Å². The first kappa shape index (κ1) is 14.0. The minimum atomic E-state index is -0.505. The Morgan fingerprint density at radius 3 is 2.50 bits per heavy atom. The highest BCUT2D eigenvalue weighted by molar-refractivity contribution is 6.34. The van der Waals surface area contributed by atoms with Crippen molar-refractivity contribution in [3.63, 3.8) is 0 Å². The predicted molar refractivity (Wildman–Crippen MR) is 71.8 cm³/mol. The van der Waals surface area contributed by atoms with E-state index in [1.54, 1.807) is 4.90 Å². The number of hydrogen-bond donors (Lipinski definition) is 0. The van der Waals surface area contributed by atoms with Gasteiger partial charge in [-0.05, 0) is 6.07 Å². The normalized spacial score (nSPS) is 21.4. The molecule has 0 aliphatic carbocycles. The summed E-state index contributed by atoms with van der Waals surface area (Å²) in [5.74, 6) is -0.700. The summed E-state index contributed by atoms with van der Waals surface area (Å²) >= 11 is 11.7. The maximum absolute atomic E-state index is 12.4. The number of halogens is 2. The molecule has 8 heteroatoms. The zero-order chi connectivity index (χ0) is 14.2. The molecule has 0 radical (unpaired) electrons. The molecule has 20 heavy (non-hydrogen) atoms. The third kappa shape index (κ3) is 2.61. The quantitative estimate of drug-likeness (QED) is 0.789. The Morgan fingerprint density at radius 1 is 1.20 bits per heavy atom. The molecule has 3 heterocycles. The number of carbonyl (C=O) groups excluding carboxylic acids is 1. The number of nitrogens with zero attached hydrogens (tertiary/aromatic N) is 3. The number of likely N-dealkylation sites (tertiary alicyclic amines) is 1. The second-order valence-corrected chi connectivity index (χ2v) is 5.52. The molecular formula is C12H13Cl2N3O3. The first-order chi connectivity index (χ1) is 9.60. The molecule has 0 N–H and O–H groups in total. The van der Waals surface area contributed by atoms with Crippen LogP contribution < -0.4 is 0 Å². The zero-order valence-electron chi connectivity index (χ0n) is 10.6. The van der Waals surface area contributed by atoms with E-state index >= 15 is 0 Å². The van der Waals surface area contributed by atoms with Crippen LogP contribution >= 0.6 is 23.2 Å². The Hall–Kier alpha value is -0.950. The van der Waals surface area contributed by atoms with E-state index in [1.165, 1.54) is 6.07 Å². The van der Waals surface area contributed by atoms with Crippen LogP contribution in [0.3, 0.4) is 0 Å². The van der Waals surface area contributed by atoms with Crippen LogP contribution in [-0.4, -0.2) is 53.1 Å². The van der Waals surface area contributed by atoms with Gasteiger partial charge in [0, 0.05) is 25.9 Å². The summed E-state index contributed by atoms with van der Waals surface area (Å²) in [5.41, 5.74) is 0.274. The van der Waals surface area contributed by atoms with Crippen LogP contribution in [-0.2, 0) is 9.47 Å². The molecule has 2 fully saturated rings. The van der Waals surface area contributed by atoms with Gasteiger partial charge in [0.15, 0.2) is 16.1 Å². The SMILES string of the molecule is O=C(c1cc(Cl)nnc1Cl)N1CCC2(CC1)OCCO2. The average molecular weight is 318 g/mol. The van der Waals surface area contributed by atoms with Crippen LogP contribution in [0, 0.1) is 0 Å². The second-order valence-electron chi connectivity index (χ2n) is 4.77. The first-order valence-electron chi connectivity index (χ1n) is 6.36. The van der Waals surface area contributed by atoms with E-state index in [9.17, 15) is 4.79 Å². The zero-order valence-corrected chi connectivity index (χ0v) is 12.2. The maximum atomic E-state index is 12.4. The van der Waals surface area contributed by atoms with Crippen LogP contribution in [0.15, 0.2) is 6.07 Å². The molecule has 0 saturated carbocycles. The minimum absolute atomic E-state index is 0.0630. The van der Waals surface area contributed by atoms with Gasteiger partial charge in [-0.1, -0.05) is 23.2 Å². The molecule has 0 unspecified atom stereocenters. The molecular weight excluding hydrogens is 305 g/mol. The van der Waals surface area contributed by atoms with Crippen molar-refractivity contribution < 1.29 is 14.3 Å². The second kappa shape index (κ2) is 5.44. The predicted octanol–water partition coefficient (Wildman–Crippen LogP) is 1.76. The topological polar surface area (TPSA) is 64.6 Å². The van der Waals surface area contributed by atoms with Gasteiger partial charge in [-0.15, -0.1) is 10.2 Å². The lowest BCUT2D eigenvalue weighted by atomic mass is 10.0. The summed E-state index contributed by atoms with van der Waals surface area (Å²) in [6, 6.07) is 1.44. The van der Waals surface area contributed by atoms with Crippen molar-refractivity contribution in [1.29, 1.82) is 0 Å². The lowest BCUT2D eigenvalue weighted by Crippen LogP contribution is -2.47. The maximum Gasteiger partial charge on any atom is 0.257 e. The van der Waals surface area contributed by atoms with Gasteiger partial charge in [-0.2, -0.15) is 0 Å². The van der Waals surface area contributed by atoms with Crippen molar-refractivity contribution in [3.8, 4) is 0 Å². The third-order valence-electron chi connectivity index (χ3n) is 3.58. The van der Waals surface area contributed by atoms with Gasteiger partial charge >= 0.3 is 0 Å². The van der Waals surface area contributed by atoms with E-state index < -0.39 is 5.79 Å². The van der Waals surface area contributed by atoms with Crippen LogP contribution in [0.4, 0.5) is 0 Å². The highest BCUT2D eigenvalue weighted by Crippen LogP contribution is 2.32. The Kier molecular flexibility index (Phi) is 3.81. The van der Waals surface area contributed by atoms with Crippen molar-refractivity contribution in [2.24, 2.45) is 0 Å². The van der Waals surface area contributed by atoms with E-state index in [-0.39, 0.29) is 21.8 Å². The summed E-state index contributed by atoms with van der Waals surface area (Å²) in [4.78, 5) is 14.1. The van der Waals surface area contributed by atoms with E-state index in [0.29, 0.717) is 39.1 Å². The highest BCUT2D eigenvalue weighted by Gasteiger charge is 2.41. The van der Waals surface area contributed by atoms with E-state index in [2.05, 4.69) is 10.2 Å². The van der Waals surface area contributed by atoms with Gasteiger partial charge in [0.05, 0.1) is 18.8 Å². The average Bonchev–Trinajstić information content (AvgIpc) is 2.90. The van der Waals surface area contributed by atoms with Gasteiger partial charge in [-0.3, -0.25) is 4.79 Å². The molecule has 0 bridgehead atoms. The number of carbonyl (C=O) groups is 1. The van der Waals surface area contributed by atoms with Gasteiger partial charge in [0.25, 0.3) is 5.91 Å². The Balaban J connectivity index is 1.71. The number of rotatable bonds is 1. The lowest BCUT2D eigenvalue weighted by Gasteiger charge is -2.37. The van der Waals surface area contributed by atoms with Crippen LogP contribution in [0.1, 0.15) is 23.2 Å². The summed E-state index contributed by atoms with van der Waals surface area (Å²) in [7, 11) is 0. The largest absolute Gasteiger partial charge is 0.347 e. The number of piperidine rings is 1. The van der Waals surface area contributed by atoms with Gasteiger partial charge < -0.3 is 14.4 Å². The number of aromatic nitrogens is 2. The fraction of sp³-hybridized carbons (Fsp3) is 0.583. The van der Waals surface area contributed by atoms with Crippen LogP contribution in [0.25, 0.3) is 0 Å². The molecule has 0 atom stereocenters. The monoisotopic (exact) mass is 317 g/mol.